The molecule has 0 fully saturated rings. The van der Waals surface area contributed by atoms with E-state index in [1.54, 1.807) is 0 Å². The molecule has 1 heterocycles. The fourth-order valence-electron chi connectivity index (χ4n) is 1.36. The molecule has 0 saturated heterocycles. The molecule has 0 unspecified atom stereocenters. The predicted molar refractivity (Wildman–Crippen MR) is 77.3 cm³/mol. The highest BCUT2D eigenvalue weighted by Crippen LogP contribution is 2.25. The van der Waals surface area contributed by atoms with Crippen molar-refractivity contribution in [2.45, 2.75) is 31.5 Å². The van der Waals surface area contributed by atoms with Gasteiger partial charge in [0.05, 0.1) is 5.75 Å². The number of amides is 1. The van der Waals surface area contributed by atoms with E-state index in [1.165, 1.54) is 23.1 Å². The summed E-state index contributed by atoms with van der Waals surface area (Å²) >= 11 is 2.96. The zero-order chi connectivity index (χ0) is 13.4. The highest BCUT2D eigenvalue weighted by atomic mass is 32.2. The van der Waals surface area contributed by atoms with Crippen LogP contribution in [0.3, 0.4) is 0 Å². The first-order valence-corrected chi connectivity index (χ1v) is 7.99. The van der Waals surface area contributed by atoms with Crippen molar-refractivity contribution in [2.24, 2.45) is 0 Å². The molecule has 0 atom stereocenters. The number of aromatic nitrogens is 2. The van der Waals surface area contributed by atoms with E-state index < -0.39 is 0 Å². The maximum atomic E-state index is 11.8. The quantitative estimate of drug-likeness (QED) is 0.744. The monoisotopic (exact) mass is 288 g/mol. The van der Waals surface area contributed by atoms with E-state index in [4.69, 9.17) is 0 Å². The van der Waals surface area contributed by atoms with Crippen molar-refractivity contribution in [3.8, 4) is 0 Å². The lowest BCUT2D eigenvalue weighted by Gasteiger charge is -2.17. The number of hydrogen-bond acceptors (Lipinski definition) is 6. The molecule has 0 spiro atoms. The number of rotatable bonds is 8. The molecule has 0 aliphatic heterocycles. The average Bonchev–Trinajstić information content (AvgIpc) is 2.83. The van der Waals surface area contributed by atoms with Gasteiger partial charge in [0.25, 0.3) is 0 Å². The lowest BCUT2D eigenvalue weighted by Crippen LogP contribution is -2.31. The summed E-state index contributed by atoms with van der Waals surface area (Å²) < 4.78 is 0.842. The molecule has 0 radical (unpaired) electrons. The van der Waals surface area contributed by atoms with Crippen LogP contribution in [-0.4, -0.2) is 46.4 Å². The van der Waals surface area contributed by atoms with Gasteiger partial charge in [-0.2, -0.15) is 0 Å². The van der Waals surface area contributed by atoms with Crippen LogP contribution in [0.5, 0.6) is 0 Å². The SMILES string of the molecule is CCCNc1nnc(SCC(=O)N(CC)CC)s1. The first kappa shape index (κ1) is 15.2. The van der Waals surface area contributed by atoms with Gasteiger partial charge in [-0.15, -0.1) is 10.2 Å². The third kappa shape index (κ3) is 4.81. The molecular weight excluding hydrogens is 268 g/mol. The van der Waals surface area contributed by atoms with E-state index in [-0.39, 0.29) is 5.91 Å². The Kier molecular flexibility index (Phi) is 7.04. The fourth-order valence-corrected chi connectivity index (χ4v) is 3.04. The lowest BCUT2D eigenvalue weighted by atomic mass is 10.5. The van der Waals surface area contributed by atoms with E-state index in [1.807, 2.05) is 18.7 Å². The molecule has 0 aliphatic carbocycles. The summed E-state index contributed by atoms with van der Waals surface area (Å²) in [4.78, 5) is 13.6. The minimum atomic E-state index is 0.156. The van der Waals surface area contributed by atoms with E-state index in [0.717, 1.165) is 35.5 Å². The second-order valence-electron chi connectivity index (χ2n) is 3.65. The van der Waals surface area contributed by atoms with Crippen molar-refractivity contribution >= 4 is 34.1 Å². The molecule has 0 aromatic carbocycles. The maximum Gasteiger partial charge on any atom is 0.233 e. The van der Waals surface area contributed by atoms with Gasteiger partial charge in [0.15, 0.2) is 4.34 Å². The second kappa shape index (κ2) is 8.31. The van der Waals surface area contributed by atoms with Crippen LogP contribution in [0.4, 0.5) is 5.13 Å². The van der Waals surface area contributed by atoms with Crippen LogP contribution in [0.2, 0.25) is 0 Å². The highest BCUT2D eigenvalue weighted by Gasteiger charge is 2.12. The number of nitrogens with one attached hydrogen (secondary N) is 1. The van der Waals surface area contributed by atoms with Gasteiger partial charge in [0.1, 0.15) is 0 Å². The molecule has 1 aromatic rings. The summed E-state index contributed by atoms with van der Waals surface area (Å²) in [6.07, 6.45) is 1.06. The zero-order valence-corrected chi connectivity index (χ0v) is 12.7. The Morgan fingerprint density at radius 3 is 2.67 bits per heavy atom. The van der Waals surface area contributed by atoms with Gasteiger partial charge in [0, 0.05) is 19.6 Å². The zero-order valence-electron chi connectivity index (χ0n) is 11.1. The van der Waals surface area contributed by atoms with Crippen LogP contribution in [0, 0.1) is 0 Å². The summed E-state index contributed by atoms with van der Waals surface area (Å²) in [5, 5.41) is 12.1. The topological polar surface area (TPSA) is 58.1 Å². The fraction of sp³-hybridized carbons (Fsp3) is 0.727. The van der Waals surface area contributed by atoms with E-state index >= 15 is 0 Å². The Hall–Kier alpha value is -0.820. The molecule has 1 amide bonds. The van der Waals surface area contributed by atoms with E-state index in [0.29, 0.717) is 5.75 Å². The normalized spacial score (nSPS) is 10.4. The van der Waals surface area contributed by atoms with Crippen LogP contribution < -0.4 is 5.32 Å². The summed E-state index contributed by atoms with van der Waals surface area (Å²) in [5.74, 6) is 0.590. The summed E-state index contributed by atoms with van der Waals surface area (Å²) in [5.41, 5.74) is 0. The summed E-state index contributed by atoms with van der Waals surface area (Å²) in [6.45, 7) is 8.50. The van der Waals surface area contributed by atoms with Crippen molar-refractivity contribution in [1.29, 1.82) is 0 Å². The maximum absolute atomic E-state index is 11.8. The van der Waals surface area contributed by atoms with Crippen LogP contribution in [-0.2, 0) is 4.79 Å². The molecule has 0 aliphatic rings. The second-order valence-corrected chi connectivity index (χ2v) is 5.85. The molecular formula is C11H20N4OS2. The number of carbonyl (C=O) groups excluding carboxylic acids is 1. The summed E-state index contributed by atoms with van der Waals surface area (Å²) in [6, 6.07) is 0. The van der Waals surface area contributed by atoms with E-state index in [2.05, 4.69) is 22.4 Å². The predicted octanol–water partition coefficient (Wildman–Crippen LogP) is 2.32. The van der Waals surface area contributed by atoms with Crippen molar-refractivity contribution in [2.75, 3.05) is 30.7 Å². The number of anilines is 1. The van der Waals surface area contributed by atoms with Gasteiger partial charge in [-0.3, -0.25) is 4.79 Å². The smallest absolute Gasteiger partial charge is 0.233 e. The number of nitrogens with zero attached hydrogens (tertiary/aromatic N) is 3. The average molecular weight is 288 g/mol. The number of carbonyl (C=O) groups is 1. The molecule has 1 N–H and O–H groups in total. The van der Waals surface area contributed by atoms with Crippen LogP contribution in [0.1, 0.15) is 27.2 Å². The number of thioether (sulfide) groups is 1. The molecule has 102 valence electrons. The first-order chi connectivity index (χ1) is 8.71. The molecule has 5 nitrogen and oxygen atoms in total. The molecule has 1 aromatic heterocycles. The Bertz CT molecular complexity index is 366. The molecule has 0 bridgehead atoms. The first-order valence-electron chi connectivity index (χ1n) is 6.19. The Morgan fingerprint density at radius 1 is 1.33 bits per heavy atom. The van der Waals surface area contributed by atoms with Crippen LogP contribution >= 0.6 is 23.1 Å². The van der Waals surface area contributed by atoms with Gasteiger partial charge >= 0.3 is 0 Å². The third-order valence-electron chi connectivity index (χ3n) is 2.37. The van der Waals surface area contributed by atoms with Gasteiger partial charge in [-0.05, 0) is 20.3 Å². The Balaban J connectivity index is 2.38. The van der Waals surface area contributed by atoms with Gasteiger partial charge in [0.2, 0.25) is 11.0 Å². The van der Waals surface area contributed by atoms with Gasteiger partial charge in [-0.25, -0.2) is 0 Å². The lowest BCUT2D eigenvalue weighted by molar-refractivity contribution is -0.127. The standard InChI is InChI=1S/C11H20N4OS2/c1-4-7-12-10-13-14-11(18-10)17-8-9(16)15(5-2)6-3/h4-8H2,1-3H3,(H,12,13). The van der Waals surface area contributed by atoms with Crippen molar-refractivity contribution in [1.82, 2.24) is 15.1 Å². The molecule has 0 saturated carbocycles. The van der Waals surface area contributed by atoms with Gasteiger partial charge in [-0.1, -0.05) is 30.0 Å². The minimum Gasteiger partial charge on any atom is -0.360 e. The van der Waals surface area contributed by atoms with Crippen LogP contribution in [0.15, 0.2) is 4.34 Å². The summed E-state index contributed by atoms with van der Waals surface area (Å²) in [7, 11) is 0. The molecule has 1 rings (SSSR count). The Morgan fingerprint density at radius 2 is 2.06 bits per heavy atom. The van der Waals surface area contributed by atoms with Crippen molar-refractivity contribution in [3.05, 3.63) is 0 Å². The largest absolute Gasteiger partial charge is 0.360 e. The Labute approximate surface area is 116 Å². The van der Waals surface area contributed by atoms with E-state index in [9.17, 15) is 4.79 Å². The van der Waals surface area contributed by atoms with Crippen LogP contribution in [0.25, 0.3) is 0 Å². The van der Waals surface area contributed by atoms with Gasteiger partial charge < -0.3 is 10.2 Å². The van der Waals surface area contributed by atoms with Crippen molar-refractivity contribution < 1.29 is 4.79 Å². The number of hydrogen-bond donors (Lipinski definition) is 1. The molecule has 18 heavy (non-hydrogen) atoms. The van der Waals surface area contributed by atoms with Crippen molar-refractivity contribution in [3.63, 3.8) is 0 Å². The third-order valence-corrected chi connectivity index (χ3v) is 4.37. The minimum absolute atomic E-state index is 0.156. The molecule has 7 heteroatoms. The highest BCUT2D eigenvalue weighted by molar-refractivity contribution is 8.01.